The van der Waals surface area contributed by atoms with Gasteiger partial charge in [0.15, 0.2) is 11.6 Å². The van der Waals surface area contributed by atoms with Gasteiger partial charge in [0, 0.05) is 45.1 Å². The highest BCUT2D eigenvalue weighted by Crippen LogP contribution is 2.39. The second-order valence-electron chi connectivity index (χ2n) is 10.6. The summed E-state index contributed by atoms with van der Waals surface area (Å²) in [5, 5.41) is 6.69. The Morgan fingerprint density at radius 1 is 0.395 bits per heavy atom. The zero-order chi connectivity index (χ0) is 28.3. The first-order valence-electron chi connectivity index (χ1n) is 14.2. The van der Waals surface area contributed by atoms with E-state index in [4.69, 9.17) is 24.9 Å². The molecule has 0 spiro atoms. The molecule has 0 bridgehead atoms. The molecule has 3 heterocycles. The quantitative estimate of drug-likeness (QED) is 0.206. The summed E-state index contributed by atoms with van der Waals surface area (Å²) in [5.41, 5.74) is 5.66. The van der Waals surface area contributed by atoms with Crippen LogP contribution < -0.4 is 0 Å². The number of hydrogen-bond acceptors (Lipinski definition) is 5. The third-order valence-electron chi connectivity index (χ3n) is 8.13. The number of nitrogens with zero attached hydrogens (tertiary/aromatic N) is 6. The van der Waals surface area contributed by atoms with Crippen LogP contribution in [-0.2, 0) is 0 Å². The first-order valence-corrected chi connectivity index (χ1v) is 14.2. The molecule has 0 atom stereocenters. The smallest absolute Gasteiger partial charge is 0.238 e. The average Bonchev–Trinajstić information content (AvgIpc) is 3.41. The highest BCUT2D eigenvalue weighted by atomic mass is 15.2. The Kier molecular flexibility index (Phi) is 5.10. The van der Waals surface area contributed by atoms with Crippen LogP contribution >= 0.6 is 0 Å². The van der Waals surface area contributed by atoms with E-state index in [0.717, 1.165) is 65.5 Å². The maximum absolute atomic E-state index is 5.08. The first-order chi connectivity index (χ1) is 21.3. The second-order valence-corrected chi connectivity index (χ2v) is 10.6. The molecule has 200 valence electrons. The Morgan fingerprint density at radius 2 is 0.953 bits per heavy atom. The van der Waals surface area contributed by atoms with Gasteiger partial charge in [0.05, 0.1) is 22.1 Å². The van der Waals surface area contributed by atoms with Crippen LogP contribution in [0.15, 0.2) is 134 Å². The van der Waals surface area contributed by atoms with Crippen molar-refractivity contribution in [2.45, 2.75) is 0 Å². The van der Waals surface area contributed by atoms with Crippen molar-refractivity contribution in [1.82, 2.24) is 29.5 Å². The van der Waals surface area contributed by atoms with Gasteiger partial charge >= 0.3 is 0 Å². The predicted molar refractivity (Wildman–Crippen MR) is 173 cm³/mol. The fourth-order valence-corrected chi connectivity index (χ4v) is 6.20. The van der Waals surface area contributed by atoms with E-state index in [1.54, 1.807) is 12.4 Å². The van der Waals surface area contributed by atoms with Crippen LogP contribution in [0.1, 0.15) is 0 Å². The van der Waals surface area contributed by atoms with Gasteiger partial charge in [0.2, 0.25) is 5.95 Å². The maximum atomic E-state index is 5.08. The van der Waals surface area contributed by atoms with E-state index in [2.05, 4.69) is 65.2 Å². The number of hydrogen-bond donors (Lipinski definition) is 0. The Bertz CT molecular complexity index is 2440. The van der Waals surface area contributed by atoms with Gasteiger partial charge in [-0.05, 0) is 29.0 Å². The molecule has 6 heteroatoms. The van der Waals surface area contributed by atoms with E-state index < -0.39 is 0 Å². The van der Waals surface area contributed by atoms with Crippen LogP contribution in [0, 0.1) is 0 Å². The third kappa shape index (κ3) is 3.63. The highest BCUT2D eigenvalue weighted by Gasteiger charge is 2.20. The van der Waals surface area contributed by atoms with E-state index in [-0.39, 0.29) is 0 Å². The van der Waals surface area contributed by atoms with E-state index in [0.29, 0.717) is 17.6 Å². The summed E-state index contributed by atoms with van der Waals surface area (Å²) >= 11 is 0. The lowest BCUT2D eigenvalue weighted by molar-refractivity contribution is 0.954. The minimum absolute atomic E-state index is 0.564. The minimum Gasteiger partial charge on any atom is -0.278 e. The van der Waals surface area contributed by atoms with Gasteiger partial charge in [-0.2, -0.15) is 9.97 Å². The van der Waals surface area contributed by atoms with E-state index in [1.165, 1.54) is 0 Å². The van der Waals surface area contributed by atoms with Gasteiger partial charge in [-0.25, -0.2) is 4.98 Å². The summed E-state index contributed by atoms with van der Waals surface area (Å²) in [6, 6.07) is 41.5. The van der Waals surface area contributed by atoms with Gasteiger partial charge < -0.3 is 0 Å². The highest BCUT2D eigenvalue weighted by molar-refractivity contribution is 6.27. The molecule has 43 heavy (non-hydrogen) atoms. The summed E-state index contributed by atoms with van der Waals surface area (Å²) < 4.78 is 2.15. The zero-order valence-electron chi connectivity index (χ0n) is 22.9. The topological polar surface area (TPSA) is 69.4 Å². The van der Waals surface area contributed by atoms with E-state index >= 15 is 0 Å². The predicted octanol–water partition coefficient (Wildman–Crippen LogP) is 8.55. The fraction of sp³-hybridized carbons (Fsp3) is 0. The fourth-order valence-electron chi connectivity index (χ4n) is 6.20. The van der Waals surface area contributed by atoms with Gasteiger partial charge in [-0.15, -0.1) is 0 Å². The van der Waals surface area contributed by atoms with Crippen LogP contribution in [0.4, 0.5) is 0 Å². The maximum Gasteiger partial charge on any atom is 0.238 e. The lowest BCUT2D eigenvalue weighted by Gasteiger charge is -2.12. The van der Waals surface area contributed by atoms with Gasteiger partial charge in [0.1, 0.15) is 0 Å². The molecule has 9 aromatic rings. The number of para-hydroxylation sites is 1. The minimum atomic E-state index is 0.564. The SMILES string of the molecule is c1ccc(-c2nc(-c3ccccc3)nc(-n3c4ccccc4c4cc5c6ccccc6c6nccnc6c5cc43)n2)cc1. The van der Waals surface area contributed by atoms with Crippen molar-refractivity contribution >= 4 is 54.4 Å². The molecule has 6 aromatic carbocycles. The summed E-state index contributed by atoms with van der Waals surface area (Å²) in [7, 11) is 0. The van der Waals surface area contributed by atoms with Crippen molar-refractivity contribution in [3.8, 4) is 28.7 Å². The van der Waals surface area contributed by atoms with Crippen LogP contribution in [0.3, 0.4) is 0 Å². The second kappa shape index (κ2) is 9.26. The van der Waals surface area contributed by atoms with Crippen molar-refractivity contribution in [3.63, 3.8) is 0 Å². The zero-order valence-corrected chi connectivity index (χ0v) is 22.9. The van der Waals surface area contributed by atoms with Crippen molar-refractivity contribution in [2.75, 3.05) is 0 Å². The van der Waals surface area contributed by atoms with Crippen molar-refractivity contribution < 1.29 is 0 Å². The molecule has 3 aromatic heterocycles. The molecule has 9 rings (SSSR count). The molecule has 0 fully saturated rings. The molecule has 0 N–H and O–H groups in total. The van der Waals surface area contributed by atoms with Crippen LogP contribution in [0.5, 0.6) is 0 Å². The third-order valence-corrected chi connectivity index (χ3v) is 8.13. The molecule has 0 aliphatic carbocycles. The average molecular weight is 551 g/mol. The molecule has 0 aliphatic rings. The van der Waals surface area contributed by atoms with Gasteiger partial charge in [-0.3, -0.25) is 14.5 Å². The molecule has 0 saturated carbocycles. The Labute approximate surface area is 246 Å². The number of benzene rings is 6. The summed E-state index contributed by atoms with van der Waals surface area (Å²) in [6.45, 7) is 0. The molecular formula is C37H22N6. The van der Waals surface area contributed by atoms with E-state index in [1.807, 2.05) is 60.7 Å². The number of fused-ring (bicyclic) bond motifs is 9. The van der Waals surface area contributed by atoms with Crippen LogP contribution in [0.25, 0.3) is 83.1 Å². The standard InChI is InChI=1S/C37H22N6/c1-3-11-23(12-4-1)35-40-36(24-13-5-2-6-14-24)42-37(41-35)43-31-18-10-9-16-26(31)29-21-28-25-15-7-8-17-27(25)33-34(39-20-19-38-33)30(28)22-32(29)43/h1-22H. The first kappa shape index (κ1) is 23.7. The molecule has 0 radical (unpaired) electrons. The lowest BCUT2D eigenvalue weighted by Crippen LogP contribution is -2.06. The van der Waals surface area contributed by atoms with Gasteiger partial charge in [-0.1, -0.05) is 103 Å². The Morgan fingerprint density at radius 3 is 1.63 bits per heavy atom. The number of aromatic nitrogens is 6. The molecule has 0 amide bonds. The molecule has 0 unspecified atom stereocenters. The molecule has 6 nitrogen and oxygen atoms in total. The van der Waals surface area contributed by atoms with Crippen molar-refractivity contribution in [2.24, 2.45) is 0 Å². The molecular weight excluding hydrogens is 528 g/mol. The number of rotatable bonds is 3. The summed E-state index contributed by atoms with van der Waals surface area (Å²) in [4.78, 5) is 24.6. The van der Waals surface area contributed by atoms with Crippen molar-refractivity contribution in [1.29, 1.82) is 0 Å². The Hall–Kier alpha value is -6.01. The lowest BCUT2D eigenvalue weighted by atomic mass is 9.97. The summed E-state index contributed by atoms with van der Waals surface area (Å²) in [6.07, 6.45) is 3.53. The van der Waals surface area contributed by atoms with Gasteiger partial charge in [0.25, 0.3) is 0 Å². The van der Waals surface area contributed by atoms with E-state index in [9.17, 15) is 0 Å². The monoisotopic (exact) mass is 550 g/mol. The Balaban J connectivity index is 1.43. The normalized spacial score (nSPS) is 11.7. The summed E-state index contributed by atoms with van der Waals surface area (Å²) in [5.74, 6) is 1.81. The largest absolute Gasteiger partial charge is 0.278 e. The van der Waals surface area contributed by atoms with Crippen molar-refractivity contribution in [3.05, 3.63) is 134 Å². The van der Waals surface area contributed by atoms with Crippen LogP contribution in [0.2, 0.25) is 0 Å². The van der Waals surface area contributed by atoms with Crippen LogP contribution in [-0.4, -0.2) is 29.5 Å². The molecule has 0 saturated heterocycles. The molecule has 0 aliphatic heterocycles.